The summed E-state index contributed by atoms with van der Waals surface area (Å²) >= 11 is 0. The highest BCUT2D eigenvalue weighted by atomic mass is 16.1. The van der Waals surface area contributed by atoms with E-state index in [2.05, 4.69) is 9.88 Å². The molecule has 1 aliphatic rings. The molecule has 0 saturated heterocycles. The van der Waals surface area contributed by atoms with Crippen LogP contribution in [0.5, 0.6) is 0 Å². The zero-order valence-electron chi connectivity index (χ0n) is 6.73. The predicted octanol–water partition coefficient (Wildman–Crippen LogP) is 0.643. The number of carbonyl (C=O) groups is 1. The van der Waals surface area contributed by atoms with Gasteiger partial charge in [0.15, 0.2) is 0 Å². The molecule has 3 nitrogen and oxygen atoms in total. The number of pyridine rings is 1. The summed E-state index contributed by atoms with van der Waals surface area (Å²) in [6.07, 6.45) is 5.59. The summed E-state index contributed by atoms with van der Waals surface area (Å²) in [4.78, 5) is 16.4. The number of hydrogen-bond donors (Lipinski definition) is 0. The Hall–Kier alpha value is -1.38. The van der Waals surface area contributed by atoms with E-state index in [-0.39, 0.29) is 0 Å². The fourth-order valence-electron chi connectivity index (χ4n) is 1.57. The third kappa shape index (κ3) is 1.07. The molecule has 0 bridgehead atoms. The molecule has 0 saturated carbocycles. The fourth-order valence-corrected chi connectivity index (χ4v) is 1.57. The maximum atomic E-state index is 10.3. The number of nitrogens with zero attached hydrogens (tertiary/aromatic N) is 2. The molecule has 0 spiro atoms. The highest BCUT2D eigenvalue weighted by Gasteiger charge is 2.17. The van der Waals surface area contributed by atoms with Crippen molar-refractivity contribution in [2.24, 2.45) is 0 Å². The molecule has 0 N–H and O–H groups in total. The van der Waals surface area contributed by atoms with Crippen LogP contribution >= 0.6 is 0 Å². The van der Waals surface area contributed by atoms with E-state index in [0.717, 1.165) is 24.9 Å². The van der Waals surface area contributed by atoms with Crippen molar-refractivity contribution < 1.29 is 4.79 Å². The molecule has 0 aliphatic carbocycles. The van der Waals surface area contributed by atoms with Crippen molar-refractivity contribution >= 4 is 12.0 Å². The van der Waals surface area contributed by atoms with Crippen molar-refractivity contribution in [1.82, 2.24) is 4.98 Å². The second kappa shape index (κ2) is 2.93. The average molecular weight is 162 g/mol. The first-order valence-corrected chi connectivity index (χ1v) is 4.03. The van der Waals surface area contributed by atoms with Crippen molar-refractivity contribution in [3.8, 4) is 0 Å². The van der Waals surface area contributed by atoms with E-state index < -0.39 is 0 Å². The van der Waals surface area contributed by atoms with E-state index in [9.17, 15) is 4.79 Å². The van der Waals surface area contributed by atoms with Gasteiger partial charge in [-0.05, 0) is 18.1 Å². The summed E-state index contributed by atoms with van der Waals surface area (Å²) in [5.74, 6) is 0. The number of aromatic nitrogens is 1. The summed E-state index contributed by atoms with van der Waals surface area (Å²) in [5.41, 5.74) is 2.41. The molecule has 3 heteroatoms. The lowest BCUT2D eigenvalue weighted by molar-refractivity contribution is -0.106. The van der Waals surface area contributed by atoms with Gasteiger partial charge in [-0.1, -0.05) is 0 Å². The summed E-state index contributed by atoms with van der Waals surface area (Å²) in [6, 6.07) is 2.01. The van der Waals surface area contributed by atoms with Gasteiger partial charge in [-0.25, -0.2) is 0 Å². The molecule has 0 atom stereocenters. The van der Waals surface area contributed by atoms with Crippen molar-refractivity contribution in [2.75, 3.05) is 18.0 Å². The van der Waals surface area contributed by atoms with Crippen LogP contribution in [0.2, 0.25) is 0 Å². The monoisotopic (exact) mass is 162 g/mol. The largest absolute Gasteiger partial charge is 0.363 e. The van der Waals surface area contributed by atoms with Gasteiger partial charge < -0.3 is 9.69 Å². The molecule has 12 heavy (non-hydrogen) atoms. The van der Waals surface area contributed by atoms with Crippen LogP contribution in [0.25, 0.3) is 0 Å². The van der Waals surface area contributed by atoms with Crippen LogP contribution in [0, 0.1) is 0 Å². The summed E-state index contributed by atoms with van der Waals surface area (Å²) in [7, 11) is 0. The molecular formula is C9H10N2O. The Bertz CT molecular complexity index is 298. The minimum atomic E-state index is 0.485. The second-order valence-electron chi connectivity index (χ2n) is 2.87. The van der Waals surface area contributed by atoms with Gasteiger partial charge in [-0.15, -0.1) is 0 Å². The van der Waals surface area contributed by atoms with E-state index in [0.29, 0.717) is 6.54 Å². The molecule has 0 aromatic carbocycles. The van der Waals surface area contributed by atoms with Gasteiger partial charge in [0.05, 0.1) is 18.4 Å². The summed E-state index contributed by atoms with van der Waals surface area (Å²) in [6.45, 7) is 1.43. The van der Waals surface area contributed by atoms with Crippen LogP contribution in [-0.2, 0) is 11.2 Å². The Labute approximate surface area is 71.0 Å². The van der Waals surface area contributed by atoms with Crippen LogP contribution < -0.4 is 4.90 Å². The number of fused-ring (bicyclic) bond motifs is 1. The highest BCUT2D eigenvalue weighted by Crippen LogP contribution is 2.25. The summed E-state index contributed by atoms with van der Waals surface area (Å²) in [5, 5.41) is 0. The lowest BCUT2D eigenvalue weighted by Gasteiger charge is -2.14. The third-order valence-corrected chi connectivity index (χ3v) is 2.17. The van der Waals surface area contributed by atoms with E-state index in [1.807, 2.05) is 12.3 Å². The Morgan fingerprint density at radius 3 is 3.42 bits per heavy atom. The first-order valence-electron chi connectivity index (χ1n) is 4.03. The number of aldehydes is 1. The molecule has 62 valence electrons. The number of hydrogen-bond acceptors (Lipinski definition) is 3. The SMILES string of the molecule is O=CCN1CCc2ccncc21. The number of rotatable bonds is 2. The van der Waals surface area contributed by atoms with Crippen LogP contribution in [-0.4, -0.2) is 24.4 Å². The highest BCUT2D eigenvalue weighted by molar-refractivity contribution is 5.65. The van der Waals surface area contributed by atoms with Crippen LogP contribution in [0.15, 0.2) is 18.5 Å². The zero-order chi connectivity index (χ0) is 8.39. The number of anilines is 1. The van der Waals surface area contributed by atoms with Gasteiger partial charge in [-0.3, -0.25) is 4.98 Å². The predicted molar refractivity (Wildman–Crippen MR) is 46.2 cm³/mol. The second-order valence-corrected chi connectivity index (χ2v) is 2.87. The molecule has 1 aliphatic heterocycles. The maximum absolute atomic E-state index is 10.3. The van der Waals surface area contributed by atoms with E-state index in [1.165, 1.54) is 5.56 Å². The topological polar surface area (TPSA) is 33.2 Å². The molecular weight excluding hydrogens is 152 g/mol. The fraction of sp³-hybridized carbons (Fsp3) is 0.333. The van der Waals surface area contributed by atoms with Gasteiger partial charge >= 0.3 is 0 Å². The Kier molecular flexibility index (Phi) is 1.78. The van der Waals surface area contributed by atoms with E-state index in [4.69, 9.17) is 0 Å². The van der Waals surface area contributed by atoms with Crippen molar-refractivity contribution in [3.05, 3.63) is 24.0 Å². The molecule has 1 aromatic rings. The number of carbonyl (C=O) groups excluding carboxylic acids is 1. The maximum Gasteiger partial charge on any atom is 0.139 e. The van der Waals surface area contributed by atoms with Crippen LogP contribution in [0.1, 0.15) is 5.56 Å². The molecule has 0 radical (unpaired) electrons. The molecule has 0 fully saturated rings. The quantitative estimate of drug-likeness (QED) is 0.598. The molecule has 0 unspecified atom stereocenters. The van der Waals surface area contributed by atoms with Crippen LogP contribution in [0.3, 0.4) is 0 Å². The lowest BCUT2D eigenvalue weighted by Crippen LogP contribution is -2.22. The first kappa shape index (κ1) is 7.28. The van der Waals surface area contributed by atoms with Gasteiger partial charge in [0, 0.05) is 12.7 Å². The Morgan fingerprint density at radius 1 is 1.67 bits per heavy atom. The van der Waals surface area contributed by atoms with E-state index >= 15 is 0 Å². The standard InChI is InChI=1S/C9H10N2O/c12-6-5-11-4-2-8-1-3-10-7-9(8)11/h1,3,6-7H,2,4-5H2. The third-order valence-electron chi connectivity index (χ3n) is 2.17. The molecule has 0 amide bonds. The Balaban J connectivity index is 2.29. The Morgan fingerprint density at radius 2 is 2.58 bits per heavy atom. The molecule has 1 aromatic heterocycles. The van der Waals surface area contributed by atoms with E-state index in [1.54, 1.807) is 6.20 Å². The zero-order valence-corrected chi connectivity index (χ0v) is 6.73. The normalized spacial score (nSPS) is 14.5. The van der Waals surface area contributed by atoms with Crippen LogP contribution in [0.4, 0.5) is 5.69 Å². The minimum Gasteiger partial charge on any atom is -0.363 e. The average Bonchev–Trinajstić information content (AvgIpc) is 2.50. The first-order chi connectivity index (χ1) is 5.92. The minimum absolute atomic E-state index is 0.485. The van der Waals surface area contributed by atoms with Crippen molar-refractivity contribution in [1.29, 1.82) is 0 Å². The van der Waals surface area contributed by atoms with Gasteiger partial charge in [0.2, 0.25) is 0 Å². The van der Waals surface area contributed by atoms with Gasteiger partial charge in [0.25, 0.3) is 0 Å². The molecule has 2 rings (SSSR count). The van der Waals surface area contributed by atoms with Crippen molar-refractivity contribution in [2.45, 2.75) is 6.42 Å². The lowest BCUT2D eigenvalue weighted by atomic mass is 10.2. The van der Waals surface area contributed by atoms with Gasteiger partial charge in [-0.2, -0.15) is 0 Å². The smallest absolute Gasteiger partial charge is 0.139 e. The summed E-state index contributed by atoms with van der Waals surface area (Å²) < 4.78 is 0. The van der Waals surface area contributed by atoms with Gasteiger partial charge in [0.1, 0.15) is 6.29 Å². The van der Waals surface area contributed by atoms with Crippen molar-refractivity contribution in [3.63, 3.8) is 0 Å². The molecule has 2 heterocycles.